The molecule has 0 saturated carbocycles. The average Bonchev–Trinajstić information content (AvgIpc) is 2.26. The molecule has 16 heavy (non-hydrogen) atoms. The Hall–Kier alpha value is -1.61. The quantitative estimate of drug-likeness (QED) is 0.759. The number of carboxylic acid groups (broad SMARTS) is 1. The molecule has 2 atom stereocenters. The second-order valence-electron chi connectivity index (χ2n) is 3.79. The van der Waals surface area contributed by atoms with E-state index >= 15 is 0 Å². The molecule has 3 nitrogen and oxygen atoms in total. The predicted octanol–water partition coefficient (Wildman–Crippen LogP) is 1.96. The van der Waals surface area contributed by atoms with Gasteiger partial charge in [-0.1, -0.05) is 36.4 Å². The maximum atomic E-state index is 10.7. The highest BCUT2D eigenvalue weighted by molar-refractivity contribution is 5.87. The van der Waals surface area contributed by atoms with Crippen molar-refractivity contribution < 1.29 is 9.90 Å². The van der Waals surface area contributed by atoms with Crippen LogP contribution in [0.15, 0.2) is 42.0 Å². The Labute approximate surface area is 95.6 Å². The van der Waals surface area contributed by atoms with Crippen LogP contribution >= 0.6 is 0 Å². The largest absolute Gasteiger partial charge is 0.478 e. The Bertz CT molecular complexity index is 382. The maximum Gasteiger partial charge on any atom is 0.331 e. The lowest BCUT2D eigenvalue weighted by molar-refractivity contribution is -0.132. The molecule has 0 aliphatic carbocycles. The van der Waals surface area contributed by atoms with E-state index < -0.39 is 5.97 Å². The van der Waals surface area contributed by atoms with Gasteiger partial charge in [0.2, 0.25) is 0 Å². The first-order valence-electron chi connectivity index (χ1n) is 5.10. The van der Waals surface area contributed by atoms with E-state index in [0.29, 0.717) is 0 Å². The van der Waals surface area contributed by atoms with E-state index in [2.05, 4.69) is 6.92 Å². The number of carbonyl (C=O) groups is 1. The van der Waals surface area contributed by atoms with Crippen molar-refractivity contribution in [2.24, 2.45) is 5.73 Å². The fourth-order valence-corrected chi connectivity index (χ4v) is 1.51. The van der Waals surface area contributed by atoms with Crippen molar-refractivity contribution in [3.05, 3.63) is 54.5 Å². The summed E-state index contributed by atoms with van der Waals surface area (Å²) in [6.07, 6.45) is 1.60. The highest BCUT2D eigenvalue weighted by Crippen LogP contribution is 2.21. The van der Waals surface area contributed by atoms with Gasteiger partial charge in [0.15, 0.2) is 0 Å². The zero-order valence-electron chi connectivity index (χ0n) is 9.26. The van der Waals surface area contributed by atoms with Crippen LogP contribution in [0.3, 0.4) is 0 Å². The molecule has 0 fully saturated rings. The van der Waals surface area contributed by atoms with Gasteiger partial charge in [-0.2, -0.15) is 0 Å². The van der Waals surface area contributed by atoms with Crippen molar-refractivity contribution in [1.82, 2.24) is 0 Å². The number of benzene rings is 1. The minimum atomic E-state index is -1.01. The van der Waals surface area contributed by atoms with Gasteiger partial charge in [0, 0.05) is 17.5 Å². The van der Waals surface area contributed by atoms with Crippen molar-refractivity contribution in [2.75, 3.05) is 0 Å². The minimum Gasteiger partial charge on any atom is -0.478 e. The molecule has 1 aromatic rings. The SMILES string of the molecule is [CH2]/C(=C\C(c1ccccc1)C(C)N)C(=O)O. The molecule has 1 aromatic carbocycles. The van der Waals surface area contributed by atoms with Crippen molar-refractivity contribution in [2.45, 2.75) is 18.9 Å². The summed E-state index contributed by atoms with van der Waals surface area (Å²) in [7, 11) is 0. The zero-order chi connectivity index (χ0) is 12.1. The lowest BCUT2D eigenvalue weighted by Gasteiger charge is -2.18. The smallest absolute Gasteiger partial charge is 0.331 e. The number of nitrogens with two attached hydrogens (primary N) is 1. The summed E-state index contributed by atoms with van der Waals surface area (Å²) < 4.78 is 0. The summed E-state index contributed by atoms with van der Waals surface area (Å²) in [4.78, 5) is 10.7. The highest BCUT2D eigenvalue weighted by atomic mass is 16.4. The van der Waals surface area contributed by atoms with Gasteiger partial charge < -0.3 is 10.8 Å². The number of aliphatic carboxylic acids is 1. The molecule has 3 N–H and O–H groups in total. The van der Waals surface area contributed by atoms with Gasteiger partial charge in [0.05, 0.1) is 0 Å². The third-order valence-corrected chi connectivity index (χ3v) is 2.41. The number of hydrogen-bond acceptors (Lipinski definition) is 2. The average molecular weight is 218 g/mol. The standard InChI is InChI=1S/C13H16NO2/c1-9(13(15)16)8-12(10(2)14)11-6-4-3-5-7-11/h3-8,10,12H,1,14H2,2H3,(H,15,16)/b9-8+. The van der Waals surface area contributed by atoms with Crippen LogP contribution < -0.4 is 5.73 Å². The van der Waals surface area contributed by atoms with Gasteiger partial charge in [-0.05, 0) is 19.4 Å². The number of hydrogen-bond donors (Lipinski definition) is 2. The van der Waals surface area contributed by atoms with E-state index in [1.54, 1.807) is 6.08 Å². The normalized spacial score (nSPS) is 15.6. The summed E-state index contributed by atoms with van der Waals surface area (Å²) in [6.45, 7) is 5.34. The molecule has 0 aromatic heterocycles. The fraction of sp³-hybridized carbons (Fsp3) is 0.231. The van der Waals surface area contributed by atoms with Gasteiger partial charge in [0.25, 0.3) is 0 Å². The summed E-state index contributed by atoms with van der Waals surface area (Å²) in [5, 5.41) is 8.79. The predicted molar refractivity (Wildman–Crippen MR) is 63.9 cm³/mol. The van der Waals surface area contributed by atoms with E-state index in [4.69, 9.17) is 10.8 Å². The Morgan fingerprint density at radius 1 is 1.44 bits per heavy atom. The number of rotatable bonds is 4. The van der Waals surface area contributed by atoms with Gasteiger partial charge in [-0.15, -0.1) is 0 Å². The van der Waals surface area contributed by atoms with E-state index in [0.717, 1.165) is 5.56 Å². The second kappa shape index (κ2) is 5.47. The van der Waals surface area contributed by atoms with Gasteiger partial charge in [-0.25, -0.2) is 4.79 Å². The molecule has 0 spiro atoms. The summed E-state index contributed by atoms with van der Waals surface area (Å²) in [5.74, 6) is -1.13. The molecule has 1 radical (unpaired) electrons. The van der Waals surface area contributed by atoms with Crippen LogP contribution in [0.4, 0.5) is 0 Å². The van der Waals surface area contributed by atoms with Gasteiger partial charge >= 0.3 is 5.97 Å². The van der Waals surface area contributed by atoms with Crippen LogP contribution in [-0.4, -0.2) is 17.1 Å². The van der Waals surface area contributed by atoms with Gasteiger partial charge in [0.1, 0.15) is 0 Å². The molecule has 0 saturated heterocycles. The molecule has 0 aliphatic rings. The van der Waals surface area contributed by atoms with Crippen molar-refractivity contribution in [3.63, 3.8) is 0 Å². The zero-order valence-corrected chi connectivity index (χ0v) is 9.26. The van der Waals surface area contributed by atoms with Crippen molar-refractivity contribution in [3.8, 4) is 0 Å². The first kappa shape index (κ1) is 12.5. The van der Waals surface area contributed by atoms with E-state index in [1.807, 2.05) is 37.3 Å². The van der Waals surface area contributed by atoms with Crippen LogP contribution in [0.5, 0.6) is 0 Å². The molecule has 0 bridgehead atoms. The monoisotopic (exact) mass is 218 g/mol. The van der Waals surface area contributed by atoms with E-state index in [9.17, 15) is 4.79 Å². The van der Waals surface area contributed by atoms with Crippen LogP contribution in [0.1, 0.15) is 18.4 Å². The second-order valence-corrected chi connectivity index (χ2v) is 3.79. The Kier molecular flexibility index (Phi) is 4.26. The van der Waals surface area contributed by atoms with Crippen LogP contribution in [0.25, 0.3) is 0 Å². The fourth-order valence-electron chi connectivity index (χ4n) is 1.51. The molecule has 3 heteroatoms. The Balaban J connectivity index is 3.02. The third-order valence-electron chi connectivity index (χ3n) is 2.41. The first-order valence-corrected chi connectivity index (χ1v) is 5.10. The molecular formula is C13H16NO2. The lowest BCUT2D eigenvalue weighted by atomic mass is 9.91. The molecule has 0 amide bonds. The molecule has 85 valence electrons. The Morgan fingerprint density at radius 2 is 2.00 bits per heavy atom. The third kappa shape index (κ3) is 3.21. The van der Waals surface area contributed by atoms with Crippen LogP contribution in [0, 0.1) is 6.92 Å². The van der Waals surface area contributed by atoms with Crippen LogP contribution in [0.2, 0.25) is 0 Å². The Morgan fingerprint density at radius 3 is 2.44 bits per heavy atom. The van der Waals surface area contributed by atoms with E-state index in [1.165, 1.54) is 0 Å². The van der Waals surface area contributed by atoms with Crippen molar-refractivity contribution in [1.29, 1.82) is 0 Å². The van der Waals surface area contributed by atoms with Gasteiger partial charge in [-0.3, -0.25) is 0 Å². The van der Waals surface area contributed by atoms with Crippen LogP contribution in [-0.2, 0) is 4.79 Å². The topological polar surface area (TPSA) is 63.3 Å². The summed E-state index contributed by atoms with van der Waals surface area (Å²) in [5.41, 5.74) is 6.93. The molecule has 2 unspecified atom stereocenters. The van der Waals surface area contributed by atoms with E-state index in [-0.39, 0.29) is 17.5 Å². The minimum absolute atomic E-state index is 0.0751. The molecule has 1 rings (SSSR count). The summed E-state index contributed by atoms with van der Waals surface area (Å²) >= 11 is 0. The lowest BCUT2D eigenvalue weighted by Crippen LogP contribution is -2.24. The first-order chi connectivity index (χ1) is 7.52. The molecular weight excluding hydrogens is 202 g/mol. The maximum absolute atomic E-state index is 10.7. The highest BCUT2D eigenvalue weighted by Gasteiger charge is 2.15. The summed E-state index contributed by atoms with van der Waals surface area (Å²) in [6, 6.07) is 9.43. The molecule has 0 heterocycles. The number of carboxylic acids is 1. The molecule has 0 aliphatic heterocycles. The van der Waals surface area contributed by atoms with Crippen molar-refractivity contribution >= 4 is 5.97 Å².